The molecule has 1 fully saturated rings. The summed E-state index contributed by atoms with van der Waals surface area (Å²) in [5.41, 5.74) is 2.03. The van der Waals surface area contributed by atoms with E-state index in [0.29, 0.717) is 6.04 Å². The van der Waals surface area contributed by atoms with Crippen molar-refractivity contribution in [2.75, 3.05) is 6.26 Å². The van der Waals surface area contributed by atoms with Gasteiger partial charge >= 0.3 is 0 Å². The largest absolute Gasteiger partial charge is 0.284 e. The minimum atomic E-state index is 0.116. The van der Waals surface area contributed by atoms with Crippen LogP contribution in [-0.4, -0.2) is 15.8 Å². The third kappa shape index (κ3) is 1.67. The molecule has 3 nitrogen and oxygen atoms in total. The van der Waals surface area contributed by atoms with E-state index in [0.717, 1.165) is 34.5 Å². The highest BCUT2D eigenvalue weighted by Gasteiger charge is 2.28. The van der Waals surface area contributed by atoms with Gasteiger partial charge in [-0.1, -0.05) is 23.9 Å². The lowest BCUT2D eigenvalue weighted by molar-refractivity contribution is 0.618. The highest BCUT2D eigenvalue weighted by atomic mass is 32.2. The average molecular weight is 246 g/mol. The van der Waals surface area contributed by atoms with Crippen molar-refractivity contribution >= 4 is 22.7 Å². The molecular weight excluding hydrogens is 232 g/mol. The Morgan fingerprint density at radius 2 is 2.18 bits per heavy atom. The summed E-state index contributed by atoms with van der Waals surface area (Å²) in [6, 6.07) is 6.18. The number of rotatable bonds is 2. The molecule has 0 bridgehead atoms. The van der Waals surface area contributed by atoms with Crippen molar-refractivity contribution in [3.8, 4) is 0 Å². The van der Waals surface area contributed by atoms with Crippen LogP contribution in [0.25, 0.3) is 10.9 Å². The standard InChI is InChI=1S/C13H14N2OS/c1-8-4-3-5-10-11(8)14-13(17-2)15(12(10)16)9-6-7-9/h3-5,9H,6-7H2,1-2H3. The predicted molar refractivity (Wildman–Crippen MR) is 70.8 cm³/mol. The lowest BCUT2D eigenvalue weighted by Gasteiger charge is -2.11. The van der Waals surface area contributed by atoms with Crippen LogP contribution in [-0.2, 0) is 0 Å². The molecule has 3 rings (SSSR count). The van der Waals surface area contributed by atoms with Gasteiger partial charge in [0.1, 0.15) is 0 Å². The van der Waals surface area contributed by atoms with Crippen LogP contribution in [0.15, 0.2) is 28.2 Å². The summed E-state index contributed by atoms with van der Waals surface area (Å²) in [4.78, 5) is 17.1. The Morgan fingerprint density at radius 3 is 2.82 bits per heavy atom. The Labute approximate surface area is 104 Å². The molecule has 4 heteroatoms. The van der Waals surface area contributed by atoms with Crippen molar-refractivity contribution in [2.45, 2.75) is 31.0 Å². The van der Waals surface area contributed by atoms with Gasteiger partial charge < -0.3 is 0 Å². The summed E-state index contributed by atoms with van der Waals surface area (Å²) in [5.74, 6) is 0. The number of aryl methyl sites for hydroxylation is 1. The third-order valence-electron chi connectivity index (χ3n) is 3.20. The Bertz CT molecular complexity index is 644. The van der Waals surface area contributed by atoms with Crippen LogP contribution in [0, 0.1) is 6.92 Å². The molecule has 0 aliphatic heterocycles. The molecule has 2 aromatic rings. The fourth-order valence-corrected chi connectivity index (χ4v) is 2.76. The highest BCUT2D eigenvalue weighted by Crippen LogP contribution is 2.36. The summed E-state index contributed by atoms with van der Waals surface area (Å²) >= 11 is 1.55. The van der Waals surface area contributed by atoms with E-state index < -0.39 is 0 Å². The molecule has 0 N–H and O–H groups in total. The third-order valence-corrected chi connectivity index (χ3v) is 3.85. The van der Waals surface area contributed by atoms with Gasteiger partial charge in [-0.05, 0) is 37.7 Å². The number of fused-ring (bicyclic) bond motifs is 1. The molecule has 0 spiro atoms. The first kappa shape index (κ1) is 10.8. The van der Waals surface area contributed by atoms with Crippen LogP contribution < -0.4 is 5.56 Å². The van der Waals surface area contributed by atoms with Gasteiger partial charge in [0, 0.05) is 6.04 Å². The van der Waals surface area contributed by atoms with Crippen LogP contribution in [0.5, 0.6) is 0 Å². The molecule has 1 aromatic carbocycles. The maximum absolute atomic E-state index is 12.5. The van der Waals surface area contributed by atoms with Crippen molar-refractivity contribution in [3.63, 3.8) is 0 Å². The number of aromatic nitrogens is 2. The van der Waals surface area contributed by atoms with Crippen LogP contribution in [0.2, 0.25) is 0 Å². The average Bonchev–Trinajstić information content (AvgIpc) is 3.14. The van der Waals surface area contributed by atoms with E-state index in [1.807, 2.05) is 35.9 Å². The molecule has 1 aromatic heterocycles. The first-order chi connectivity index (χ1) is 8.22. The molecule has 88 valence electrons. The van der Waals surface area contributed by atoms with Crippen LogP contribution in [0.3, 0.4) is 0 Å². The minimum Gasteiger partial charge on any atom is -0.284 e. The van der Waals surface area contributed by atoms with Gasteiger partial charge in [-0.15, -0.1) is 0 Å². The molecule has 17 heavy (non-hydrogen) atoms. The first-order valence-corrected chi connectivity index (χ1v) is 7.00. The van der Waals surface area contributed by atoms with Crippen molar-refractivity contribution < 1.29 is 0 Å². The number of nitrogens with zero attached hydrogens (tertiary/aromatic N) is 2. The van der Waals surface area contributed by atoms with Crippen molar-refractivity contribution in [2.24, 2.45) is 0 Å². The predicted octanol–water partition coefficient (Wildman–Crippen LogP) is 2.76. The van der Waals surface area contributed by atoms with Crippen molar-refractivity contribution in [1.29, 1.82) is 0 Å². The second-order valence-electron chi connectivity index (χ2n) is 4.48. The molecule has 0 amide bonds. The van der Waals surface area contributed by atoms with E-state index >= 15 is 0 Å². The van der Waals surface area contributed by atoms with Crippen LogP contribution >= 0.6 is 11.8 Å². The molecule has 0 unspecified atom stereocenters. The van der Waals surface area contributed by atoms with Gasteiger partial charge in [-0.3, -0.25) is 9.36 Å². The molecule has 0 atom stereocenters. The van der Waals surface area contributed by atoms with Crippen molar-refractivity contribution in [1.82, 2.24) is 9.55 Å². The van der Waals surface area contributed by atoms with Gasteiger partial charge in [0.15, 0.2) is 5.16 Å². The second-order valence-corrected chi connectivity index (χ2v) is 5.25. The number of thioether (sulfide) groups is 1. The van der Waals surface area contributed by atoms with E-state index in [1.54, 1.807) is 11.8 Å². The van der Waals surface area contributed by atoms with E-state index in [1.165, 1.54) is 0 Å². The molecular formula is C13H14N2OS. The number of benzene rings is 1. The monoisotopic (exact) mass is 246 g/mol. The van der Waals surface area contributed by atoms with Gasteiger partial charge in [0.25, 0.3) is 5.56 Å². The Hall–Kier alpha value is -1.29. The Morgan fingerprint density at radius 1 is 1.41 bits per heavy atom. The fourth-order valence-electron chi connectivity index (χ4n) is 2.14. The van der Waals surface area contributed by atoms with Crippen LogP contribution in [0.1, 0.15) is 24.4 Å². The SMILES string of the molecule is CSc1nc2c(C)cccc2c(=O)n1C1CC1. The Balaban J connectivity index is 2.41. The normalized spacial score (nSPS) is 15.4. The van der Waals surface area contributed by atoms with Crippen molar-refractivity contribution in [3.05, 3.63) is 34.1 Å². The molecule has 0 radical (unpaired) electrons. The highest BCUT2D eigenvalue weighted by molar-refractivity contribution is 7.98. The summed E-state index contributed by atoms with van der Waals surface area (Å²) in [5, 5.41) is 1.59. The zero-order valence-corrected chi connectivity index (χ0v) is 10.8. The van der Waals surface area contributed by atoms with E-state index in [-0.39, 0.29) is 5.56 Å². The van der Waals surface area contributed by atoms with E-state index in [9.17, 15) is 4.79 Å². The Kier molecular flexibility index (Phi) is 2.47. The molecule has 1 heterocycles. The second kappa shape index (κ2) is 3.88. The maximum atomic E-state index is 12.5. The van der Waals surface area contributed by atoms with Gasteiger partial charge in [-0.25, -0.2) is 4.98 Å². The van der Waals surface area contributed by atoms with Gasteiger partial charge in [-0.2, -0.15) is 0 Å². The number of hydrogen-bond acceptors (Lipinski definition) is 3. The van der Waals surface area contributed by atoms with E-state index in [2.05, 4.69) is 4.98 Å². The smallest absolute Gasteiger partial charge is 0.262 e. The van der Waals surface area contributed by atoms with Crippen LogP contribution in [0.4, 0.5) is 0 Å². The van der Waals surface area contributed by atoms with Gasteiger partial charge in [0.2, 0.25) is 0 Å². The topological polar surface area (TPSA) is 34.9 Å². The summed E-state index contributed by atoms with van der Waals surface area (Å²) in [6.45, 7) is 2.00. The molecule has 0 saturated heterocycles. The zero-order chi connectivity index (χ0) is 12.0. The number of hydrogen-bond donors (Lipinski definition) is 0. The quantitative estimate of drug-likeness (QED) is 0.603. The summed E-state index contributed by atoms with van der Waals surface area (Å²) < 4.78 is 1.87. The fraction of sp³-hybridized carbons (Fsp3) is 0.385. The first-order valence-electron chi connectivity index (χ1n) is 5.78. The lowest BCUT2D eigenvalue weighted by atomic mass is 10.1. The van der Waals surface area contributed by atoms with Gasteiger partial charge in [0.05, 0.1) is 10.9 Å². The molecule has 1 saturated carbocycles. The lowest BCUT2D eigenvalue weighted by Crippen LogP contribution is -2.22. The minimum absolute atomic E-state index is 0.116. The molecule has 1 aliphatic rings. The van der Waals surface area contributed by atoms with E-state index in [4.69, 9.17) is 0 Å². The summed E-state index contributed by atoms with van der Waals surface area (Å²) in [7, 11) is 0. The zero-order valence-electron chi connectivity index (χ0n) is 9.93. The molecule has 1 aliphatic carbocycles. The maximum Gasteiger partial charge on any atom is 0.262 e. The number of para-hydroxylation sites is 1. The summed E-state index contributed by atoms with van der Waals surface area (Å²) in [6.07, 6.45) is 4.18.